The van der Waals surface area contributed by atoms with E-state index in [0.717, 1.165) is 12.8 Å². The van der Waals surface area contributed by atoms with Crippen molar-refractivity contribution in [2.75, 3.05) is 0 Å². The van der Waals surface area contributed by atoms with Gasteiger partial charge < -0.3 is 15.2 Å². The molecular weight excluding hydrogens is 368 g/mol. The number of amides is 2. The third-order valence-corrected chi connectivity index (χ3v) is 4.53. The number of hydrogen-bond acceptors (Lipinski definition) is 5. The highest BCUT2D eigenvalue weighted by molar-refractivity contribution is 6.30. The number of benzene rings is 1. The second kappa shape index (κ2) is 8.52. The number of rotatable bonds is 8. The molecular formula is C19H23ClN4O3. The first-order valence-electron chi connectivity index (χ1n) is 9.09. The lowest BCUT2D eigenvalue weighted by molar-refractivity contribution is -0.123. The van der Waals surface area contributed by atoms with Crippen LogP contribution in [0, 0.1) is 5.92 Å². The van der Waals surface area contributed by atoms with Crippen molar-refractivity contribution in [2.24, 2.45) is 5.92 Å². The van der Waals surface area contributed by atoms with Crippen molar-refractivity contribution < 1.29 is 14.1 Å². The van der Waals surface area contributed by atoms with Crippen LogP contribution < -0.4 is 10.6 Å². The Kier molecular flexibility index (Phi) is 6.11. The average molecular weight is 391 g/mol. The molecule has 1 unspecified atom stereocenters. The topological polar surface area (TPSA) is 97.1 Å². The quantitative estimate of drug-likeness (QED) is 0.721. The van der Waals surface area contributed by atoms with Gasteiger partial charge in [-0.15, -0.1) is 0 Å². The Balaban J connectivity index is 1.59. The standard InChI is InChI=1S/C19H23ClN4O3/c1-11(2)9-15(22-18(25)13-5-7-14(20)8-6-13)19(26)21-10-16-23-17(24-27-16)12-3-4-12/h5-8,11-12,15H,3-4,9-10H2,1-2H3,(H,21,26)(H,22,25). The van der Waals surface area contributed by atoms with Crippen LogP contribution in [0.5, 0.6) is 0 Å². The molecule has 3 rings (SSSR count). The Morgan fingerprint density at radius 1 is 1.26 bits per heavy atom. The molecule has 1 atom stereocenters. The number of hydrogen-bond donors (Lipinski definition) is 2. The van der Waals surface area contributed by atoms with Crippen LogP contribution in [0.1, 0.15) is 61.1 Å². The van der Waals surface area contributed by atoms with E-state index in [2.05, 4.69) is 20.8 Å². The summed E-state index contributed by atoms with van der Waals surface area (Å²) in [5, 5.41) is 10.0. The number of aromatic nitrogens is 2. The van der Waals surface area contributed by atoms with Gasteiger partial charge in [0.15, 0.2) is 5.82 Å². The summed E-state index contributed by atoms with van der Waals surface area (Å²) < 4.78 is 5.16. The zero-order valence-electron chi connectivity index (χ0n) is 15.4. The minimum Gasteiger partial charge on any atom is -0.345 e. The highest BCUT2D eigenvalue weighted by Gasteiger charge is 2.29. The van der Waals surface area contributed by atoms with Gasteiger partial charge in [0.1, 0.15) is 6.04 Å². The Morgan fingerprint density at radius 2 is 1.96 bits per heavy atom. The van der Waals surface area contributed by atoms with Crippen molar-refractivity contribution in [1.82, 2.24) is 20.8 Å². The Bertz CT molecular complexity index is 800. The highest BCUT2D eigenvalue weighted by atomic mass is 35.5. The fourth-order valence-electron chi connectivity index (χ4n) is 2.68. The second-order valence-electron chi connectivity index (χ2n) is 7.20. The fraction of sp³-hybridized carbons (Fsp3) is 0.474. The van der Waals surface area contributed by atoms with Crippen LogP contribution in [0.2, 0.25) is 5.02 Å². The Hall–Kier alpha value is -2.41. The predicted octanol–water partition coefficient (Wildman–Crippen LogP) is 3.06. The summed E-state index contributed by atoms with van der Waals surface area (Å²) in [4.78, 5) is 29.3. The van der Waals surface area contributed by atoms with Crippen LogP contribution in [-0.2, 0) is 11.3 Å². The molecule has 1 aromatic carbocycles. The number of carbonyl (C=O) groups excluding carboxylic acids is 2. The van der Waals surface area contributed by atoms with Crippen molar-refractivity contribution in [3.63, 3.8) is 0 Å². The van der Waals surface area contributed by atoms with Crippen molar-refractivity contribution in [1.29, 1.82) is 0 Å². The molecule has 0 radical (unpaired) electrons. The van der Waals surface area contributed by atoms with Crippen LogP contribution in [-0.4, -0.2) is 28.0 Å². The van der Waals surface area contributed by atoms with E-state index in [1.54, 1.807) is 24.3 Å². The number of nitrogens with zero attached hydrogens (tertiary/aromatic N) is 2. The third kappa shape index (κ3) is 5.53. The van der Waals surface area contributed by atoms with Crippen LogP contribution in [0.15, 0.2) is 28.8 Å². The summed E-state index contributed by atoms with van der Waals surface area (Å²) in [5.41, 5.74) is 0.451. The number of halogens is 1. The van der Waals surface area contributed by atoms with Gasteiger partial charge in [0.05, 0.1) is 6.54 Å². The maximum Gasteiger partial charge on any atom is 0.251 e. The molecule has 1 aromatic heterocycles. The van der Waals surface area contributed by atoms with E-state index in [9.17, 15) is 9.59 Å². The van der Waals surface area contributed by atoms with E-state index in [-0.39, 0.29) is 24.3 Å². The van der Waals surface area contributed by atoms with Crippen molar-refractivity contribution >= 4 is 23.4 Å². The summed E-state index contributed by atoms with van der Waals surface area (Å²) in [6.07, 6.45) is 2.68. The maximum absolute atomic E-state index is 12.6. The van der Waals surface area contributed by atoms with Gasteiger partial charge in [0, 0.05) is 16.5 Å². The van der Waals surface area contributed by atoms with E-state index >= 15 is 0 Å². The molecule has 8 heteroatoms. The molecule has 1 aliphatic carbocycles. The first kappa shape index (κ1) is 19.4. The van der Waals surface area contributed by atoms with E-state index in [1.165, 1.54) is 0 Å². The average Bonchev–Trinajstić information content (AvgIpc) is 3.37. The van der Waals surface area contributed by atoms with Crippen molar-refractivity contribution in [3.05, 3.63) is 46.6 Å². The number of carbonyl (C=O) groups is 2. The predicted molar refractivity (Wildman–Crippen MR) is 100 cm³/mol. The molecule has 1 aliphatic rings. The molecule has 1 heterocycles. The summed E-state index contributed by atoms with van der Waals surface area (Å²) in [5.74, 6) is 1.10. The van der Waals surface area contributed by atoms with Gasteiger partial charge in [-0.2, -0.15) is 4.98 Å². The molecule has 2 N–H and O–H groups in total. The SMILES string of the molecule is CC(C)CC(NC(=O)c1ccc(Cl)cc1)C(=O)NCc1nc(C2CC2)no1. The zero-order valence-corrected chi connectivity index (χ0v) is 16.1. The zero-order chi connectivity index (χ0) is 19.4. The molecule has 1 saturated carbocycles. The molecule has 0 spiro atoms. The van der Waals surface area contributed by atoms with E-state index in [1.807, 2.05) is 13.8 Å². The van der Waals surface area contributed by atoms with E-state index in [0.29, 0.717) is 34.6 Å². The molecule has 7 nitrogen and oxygen atoms in total. The van der Waals surface area contributed by atoms with E-state index < -0.39 is 6.04 Å². The van der Waals surface area contributed by atoms with Gasteiger partial charge in [-0.3, -0.25) is 9.59 Å². The largest absolute Gasteiger partial charge is 0.345 e. The first-order valence-corrected chi connectivity index (χ1v) is 9.46. The molecule has 144 valence electrons. The number of nitrogens with one attached hydrogen (secondary N) is 2. The molecule has 1 fully saturated rings. The van der Waals surface area contributed by atoms with Gasteiger partial charge in [0.25, 0.3) is 5.91 Å². The molecule has 27 heavy (non-hydrogen) atoms. The van der Waals surface area contributed by atoms with E-state index in [4.69, 9.17) is 16.1 Å². The summed E-state index contributed by atoms with van der Waals surface area (Å²) in [7, 11) is 0. The van der Waals surface area contributed by atoms with Gasteiger partial charge in [-0.05, 0) is 49.4 Å². The molecule has 2 aromatic rings. The fourth-order valence-corrected chi connectivity index (χ4v) is 2.80. The van der Waals surface area contributed by atoms with Crippen molar-refractivity contribution in [2.45, 2.75) is 51.6 Å². The Morgan fingerprint density at radius 3 is 2.59 bits per heavy atom. The molecule has 2 amide bonds. The van der Waals surface area contributed by atoms with Gasteiger partial charge in [-0.1, -0.05) is 30.6 Å². The minimum atomic E-state index is -0.654. The van der Waals surface area contributed by atoms with Crippen LogP contribution in [0.3, 0.4) is 0 Å². The minimum absolute atomic E-state index is 0.143. The lowest BCUT2D eigenvalue weighted by atomic mass is 10.0. The van der Waals surface area contributed by atoms with Crippen molar-refractivity contribution in [3.8, 4) is 0 Å². The summed E-state index contributed by atoms with van der Waals surface area (Å²) in [6.45, 7) is 4.13. The highest BCUT2D eigenvalue weighted by Crippen LogP contribution is 2.38. The lowest BCUT2D eigenvalue weighted by Gasteiger charge is -2.20. The molecule has 0 aliphatic heterocycles. The van der Waals surface area contributed by atoms with Gasteiger partial charge in [0.2, 0.25) is 11.8 Å². The van der Waals surface area contributed by atoms with Gasteiger partial charge in [-0.25, -0.2) is 0 Å². The first-order chi connectivity index (χ1) is 12.9. The summed E-state index contributed by atoms with van der Waals surface area (Å²) in [6, 6.07) is 5.88. The third-order valence-electron chi connectivity index (χ3n) is 4.28. The van der Waals surface area contributed by atoms with Crippen LogP contribution in [0.4, 0.5) is 0 Å². The van der Waals surface area contributed by atoms with Crippen LogP contribution >= 0.6 is 11.6 Å². The second-order valence-corrected chi connectivity index (χ2v) is 7.64. The Labute approximate surface area is 162 Å². The lowest BCUT2D eigenvalue weighted by Crippen LogP contribution is -2.47. The monoisotopic (exact) mass is 390 g/mol. The molecule has 0 saturated heterocycles. The smallest absolute Gasteiger partial charge is 0.251 e. The summed E-state index contributed by atoms with van der Waals surface area (Å²) >= 11 is 5.85. The molecule has 0 bridgehead atoms. The van der Waals surface area contributed by atoms with Crippen LogP contribution in [0.25, 0.3) is 0 Å². The van der Waals surface area contributed by atoms with Gasteiger partial charge >= 0.3 is 0 Å². The maximum atomic E-state index is 12.6. The normalized spacial score (nSPS) is 14.8.